The van der Waals surface area contributed by atoms with Gasteiger partial charge in [-0.2, -0.15) is 0 Å². The normalized spacial score (nSPS) is 55.5. The van der Waals surface area contributed by atoms with Crippen LogP contribution in [0, 0.1) is 40.4 Å². The largest absolute Gasteiger partial charge is 0.393 e. The second-order valence-corrected chi connectivity index (χ2v) is 10.0. The molecule has 2 N–H and O–H groups in total. The molecule has 3 nitrogen and oxygen atoms in total. The lowest BCUT2D eigenvalue weighted by Crippen LogP contribution is -2.57. The summed E-state index contributed by atoms with van der Waals surface area (Å²) >= 11 is 0. The molecule has 0 radical (unpaired) electrons. The Labute approximate surface area is 146 Å². The van der Waals surface area contributed by atoms with Crippen LogP contribution in [-0.2, 0) is 4.79 Å². The Morgan fingerprint density at radius 3 is 2.42 bits per heavy atom. The van der Waals surface area contributed by atoms with Gasteiger partial charge in [-0.3, -0.25) is 4.79 Å². The number of aliphatic hydroxyl groups is 2. The van der Waals surface area contributed by atoms with Crippen molar-refractivity contribution in [1.82, 2.24) is 0 Å². The van der Waals surface area contributed by atoms with Crippen LogP contribution in [0.25, 0.3) is 0 Å². The summed E-state index contributed by atoms with van der Waals surface area (Å²) in [5, 5.41) is 20.4. The molecule has 136 valence electrons. The molecule has 3 heteroatoms. The van der Waals surface area contributed by atoms with Gasteiger partial charge in [-0.25, -0.2) is 0 Å². The van der Waals surface area contributed by atoms with Gasteiger partial charge in [0, 0.05) is 12.3 Å². The zero-order valence-corrected chi connectivity index (χ0v) is 15.5. The molecular formula is C21H34O3. The van der Waals surface area contributed by atoms with E-state index in [1.807, 2.05) is 6.92 Å². The Bertz CT molecular complexity index is 529. The molecule has 0 bridgehead atoms. The van der Waals surface area contributed by atoms with Gasteiger partial charge in [-0.1, -0.05) is 13.8 Å². The Morgan fingerprint density at radius 1 is 1.04 bits per heavy atom. The van der Waals surface area contributed by atoms with Crippen LogP contribution < -0.4 is 0 Å². The van der Waals surface area contributed by atoms with Gasteiger partial charge >= 0.3 is 0 Å². The first kappa shape index (κ1) is 17.0. The van der Waals surface area contributed by atoms with Crippen LogP contribution in [0.5, 0.6) is 0 Å². The molecule has 0 spiro atoms. The molecule has 24 heavy (non-hydrogen) atoms. The number of carbonyl (C=O) groups excluding carboxylic acids is 1. The quantitative estimate of drug-likeness (QED) is 0.771. The van der Waals surface area contributed by atoms with E-state index >= 15 is 0 Å². The van der Waals surface area contributed by atoms with Gasteiger partial charge in [0.25, 0.3) is 0 Å². The topological polar surface area (TPSA) is 57.5 Å². The highest BCUT2D eigenvalue weighted by Gasteiger charge is 2.62. The lowest BCUT2D eigenvalue weighted by molar-refractivity contribution is -0.160. The molecule has 4 aliphatic carbocycles. The summed E-state index contributed by atoms with van der Waals surface area (Å²) < 4.78 is 0. The number of aliphatic hydroxyl groups excluding tert-OH is 2. The van der Waals surface area contributed by atoms with Gasteiger partial charge in [0.2, 0.25) is 0 Å². The van der Waals surface area contributed by atoms with E-state index in [4.69, 9.17) is 0 Å². The Morgan fingerprint density at radius 2 is 1.71 bits per heavy atom. The van der Waals surface area contributed by atoms with Crippen molar-refractivity contribution in [2.24, 2.45) is 40.4 Å². The summed E-state index contributed by atoms with van der Waals surface area (Å²) in [6.45, 7) is 6.69. The lowest BCUT2D eigenvalue weighted by atomic mass is 9.44. The highest BCUT2D eigenvalue weighted by atomic mass is 16.3. The predicted octanol–water partition coefficient (Wildman–Crippen LogP) is 3.57. The van der Waals surface area contributed by atoms with E-state index in [2.05, 4.69) is 13.8 Å². The molecular weight excluding hydrogens is 300 g/mol. The Kier molecular flexibility index (Phi) is 3.93. The fraction of sp³-hybridized carbons (Fsp3) is 0.952. The molecule has 0 saturated heterocycles. The third-order valence-corrected chi connectivity index (χ3v) is 9.09. The second-order valence-electron chi connectivity index (χ2n) is 10.0. The number of carbonyl (C=O) groups is 1. The van der Waals surface area contributed by atoms with Crippen molar-refractivity contribution in [3.63, 3.8) is 0 Å². The van der Waals surface area contributed by atoms with E-state index in [1.165, 1.54) is 19.3 Å². The van der Waals surface area contributed by atoms with Gasteiger partial charge in [0.1, 0.15) is 5.78 Å². The first-order valence-electron chi connectivity index (χ1n) is 10.2. The molecule has 0 amide bonds. The number of Topliss-reactive ketones (excluding diaryl/α,β-unsaturated/α-hetero) is 1. The minimum absolute atomic E-state index is 0.0841. The van der Waals surface area contributed by atoms with Crippen LogP contribution in [0.2, 0.25) is 0 Å². The van der Waals surface area contributed by atoms with Crippen molar-refractivity contribution in [3.05, 3.63) is 0 Å². The monoisotopic (exact) mass is 334 g/mol. The maximum atomic E-state index is 13.0. The van der Waals surface area contributed by atoms with E-state index in [-0.39, 0.29) is 29.0 Å². The molecule has 4 rings (SSSR count). The van der Waals surface area contributed by atoms with E-state index in [1.54, 1.807) is 0 Å². The zero-order chi connectivity index (χ0) is 17.3. The minimum atomic E-state index is -0.275. The molecule has 0 aromatic heterocycles. The summed E-state index contributed by atoms with van der Waals surface area (Å²) in [7, 11) is 0. The van der Waals surface area contributed by atoms with Gasteiger partial charge in [0.15, 0.2) is 0 Å². The highest BCUT2D eigenvalue weighted by Crippen LogP contribution is 2.67. The number of fused-ring (bicyclic) bond motifs is 5. The molecule has 9 atom stereocenters. The summed E-state index contributed by atoms with van der Waals surface area (Å²) in [6, 6.07) is 0. The van der Waals surface area contributed by atoms with E-state index in [9.17, 15) is 15.0 Å². The third kappa shape index (κ3) is 2.19. The Balaban J connectivity index is 1.66. The molecule has 4 saturated carbocycles. The predicted molar refractivity (Wildman–Crippen MR) is 93.3 cm³/mol. The number of hydrogen-bond donors (Lipinski definition) is 2. The fourth-order valence-electron chi connectivity index (χ4n) is 7.85. The summed E-state index contributed by atoms with van der Waals surface area (Å²) in [5.74, 6) is 2.65. The second kappa shape index (κ2) is 5.54. The summed E-state index contributed by atoms with van der Waals surface area (Å²) in [6.07, 6.45) is 7.49. The summed E-state index contributed by atoms with van der Waals surface area (Å²) in [4.78, 5) is 13.0. The zero-order valence-electron chi connectivity index (χ0n) is 15.5. The molecule has 0 aliphatic heterocycles. The van der Waals surface area contributed by atoms with Crippen molar-refractivity contribution in [3.8, 4) is 0 Å². The lowest BCUT2D eigenvalue weighted by Gasteiger charge is -2.60. The van der Waals surface area contributed by atoms with Gasteiger partial charge in [-0.05, 0) is 86.4 Å². The van der Waals surface area contributed by atoms with E-state index in [0.29, 0.717) is 35.9 Å². The smallest absolute Gasteiger partial charge is 0.136 e. The molecule has 0 aromatic carbocycles. The van der Waals surface area contributed by atoms with Crippen LogP contribution in [-0.4, -0.2) is 28.2 Å². The van der Waals surface area contributed by atoms with Crippen LogP contribution in [0.1, 0.15) is 72.1 Å². The van der Waals surface area contributed by atoms with Gasteiger partial charge < -0.3 is 10.2 Å². The maximum absolute atomic E-state index is 13.0. The van der Waals surface area contributed by atoms with Crippen molar-refractivity contribution in [1.29, 1.82) is 0 Å². The SMILES string of the molecule is C[C@@H](O)[C@H]1CC[C@@H]2[C@H]3CC(=O)[C@H]4C[C@@H](O)CC[C@@]4(C)[C@H]3CC[C@@]21C. The molecule has 4 aliphatic rings. The fourth-order valence-corrected chi connectivity index (χ4v) is 7.85. The maximum Gasteiger partial charge on any atom is 0.136 e. The minimum Gasteiger partial charge on any atom is -0.393 e. The first-order valence-corrected chi connectivity index (χ1v) is 10.2. The van der Waals surface area contributed by atoms with E-state index < -0.39 is 0 Å². The van der Waals surface area contributed by atoms with E-state index in [0.717, 1.165) is 25.7 Å². The van der Waals surface area contributed by atoms with Gasteiger partial charge in [0.05, 0.1) is 12.2 Å². The van der Waals surface area contributed by atoms with Crippen molar-refractivity contribution in [2.45, 2.75) is 84.3 Å². The van der Waals surface area contributed by atoms with Crippen LogP contribution in [0.3, 0.4) is 0 Å². The van der Waals surface area contributed by atoms with Crippen LogP contribution >= 0.6 is 0 Å². The number of hydrogen-bond acceptors (Lipinski definition) is 3. The van der Waals surface area contributed by atoms with Crippen molar-refractivity contribution in [2.75, 3.05) is 0 Å². The molecule has 0 heterocycles. The van der Waals surface area contributed by atoms with Gasteiger partial charge in [-0.15, -0.1) is 0 Å². The average Bonchev–Trinajstić information content (AvgIpc) is 2.87. The van der Waals surface area contributed by atoms with Crippen LogP contribution in [0.4, 0.5) is 0 Å². The molecule has 0 unspecified atom stereocenters. The van der Waals surface area contributed by atoms with Crippen molar-refractivity contribution < 1.29 is 15.0 Å². The molecule has 0 aromatic rings. The average molecular weight is 335 g/mol. The third-order valence-electron chi connectivity index (χ3n) is 9.09. The van der Waals surface area contributed by atoms with Crippen LogP contribution in [0.15, 0.2) is 0 Å². The Hall–Kier alpha value is -0.410. The highest BCUT2D eigenvalue weighted by molar-refractivity contribution is 5.83. The summed E-state index contributed by atoms with van der Waals surface area (Å²) in [5.41, 5.74) is 0.316. The van der Waals surface area contributed by atoms with Crippen molar-refractivity contribution >= 4 is 5.78 Å². The number of rotatable bonds is 1. The first-order chi connectivity index (χ1) is 11.3. The molecule has 4 fully saturated rings. The number of ketones is 1. The standard InChI is InChI=1S/C21H34O3/c1-12(22)15-4-5-16-14-11-19(24)18-10-13(23)6-8-21(18,3)17(14)7-9-20(15,16)2/h12-18,22-23H,4-11H2,1-3H3/t12-,13+,14-,15-,16-,17+,18-,20-,21+/m1/s1.